The van der Waals surface area contributed by atoms with Crippen molar-refractivity contribution in [2.45, 2.75) is 19.9 Å². The fourth-order valence-electron chi connectivity index (χ4n) is 2.75. The molecule has 0 saturated carbocycles. The van der Waals surface area contributed by atoms with Crippen molar-refractivity contribution in [1.82, 2.24) is 30.3 Å². The summed E-state index contributed by atoms with van der Waals surface area (Å²) in [4.78, 5) is 24.1. The Morgan fingerprint density at radius 2 is 2.04 bits per heavy atom. The van der Waals surface area contributed by atoms with Crippen LogP contribution < -0.4 is 5.32 Å². The Hall–Kier alpha value is -3.36. The molecule has 1 atom stereocenters. The second-order valence-corrected chi connectivity index (χ2v) is 5.76. The van der Waals surface area contributed by atoms with Crippen molar-refractivity contribution in [1.29, 1.82) is 0 Å². The monoisotopic (exact) mass is 342 g/mol. The van der Waals surface area contributed by atoms with Crippen molar-refractivity contribution in [3.05, 3.63) is 47.0 Å². The number of carbonyl (C=O) groups excluding carboxylic acids is 1. The van der Waals surface area contributed by atoms with Crippen molar-refractivity contribution in [2.24, 2.45) is 7.05 Å². The van der Waals surface area contributed by atoms with E-state index in [4.69, 9.17) is 0 Å². The molecule has 0 fully saturated rings. The fraction of sp³-hybridized carbons (Fsp3) is 0.250. The van der Waals surface area contributed by atoms with Crippen LogP contribution in [-0.4, -0.2) is 41.9 Å². The van der Waals surface area contributed by atoms with E-state index in [0.29, 0.717) is 22.6 Å². The van der Waals surface area contributed by atoms with Gasteiger partial charge in [0.25, 0.3) is 5.91 Å². The molecule has 25 heavy (non-hydrogen) atoms. The third kappa shape index (κ3) is 3.03. The molecule has 3 aromatic heterocycles. The van der Waals surface area contributed by atoms with Crippen molar-refractivity contribution in [2.75, 3.05) is 0 Å². The van der Waals surface area contributed by atoms with Crippen molar-refractivity contribution >= 4 is 11.9 Å². The summed E-state index contributed by atoms with van der Waals surface area (Å²) >= 11 is 0. The quantitative estimate of drug-likeness (QED) is 0.556. The molecule has 130 valence electrons. The number of H-pyrrole nitrogens is 2. The Kier molecular flexibility index (Phi) is 4.14. The standard InChI is InChI=1S/C16H18N6O3/c1-8-13(9(2)19-18-8)14(16(24)25)17-15(23)11-7-10(20-21-11)12-5-4-6-22(12)3/h4-7,14H,1-3H3,(H,17,23)(H,18,19)(H,20,21)(H,24,25)/t14-/m1/s1. The predicted octanol–water partition coefficient (Wildman–Crippen LogP) is 1.31. The molecule has 3 heterocycles. The number of carboxylic acids is 1. The number of nitrogens with one attached hydrogen (secondary N) is 3. The lowest BCUT2D eigenvalue weighted by Gasteiger charge is -2.14. The van der Waals surface area contributed by atoms with Gasteiger partial charge in [0.2, 0.25) is 0 Å². The van der Waals surface area contributed by atoms with Gasteiger partial charge >= 0.3 is 5.97 Å². The van der Waals surface area contributed by atoms with Crippen LogP contribution in [0.3, 0.4) is 0 Å². The Bertz CT molecular complexity index is 916. The predicted molar refractivity (Wildman–Crippen MR) is 88.9 cm³/mol. The van der Waals surface area contributed by atoms with Crippen LogP contribution in [0.2, 0.25) is 0 Å². The summed E-state index contributed by atoms with van der Waals surface area (Å²) in [6.07, 6.45) is 1.87. The minimum Gasteiger partial charge on any atom is -0.479 e. The highest BCUT2D eigenvalue weighted by atomic mass is 16.4. The summed E-state index contributed by atoms with van der Waals surface area (Å²) in [5, 5.41) is 25.5. The van der Waals surface area contributed by atoms with E-state index in [9.17, 15) is 14.7 Å². The normalized spacial score (nSPS) is 12.1. The van der Waals surface area contributed by atoms with Gasteiger partial charge in [-0.3, -0.25) is 15.0 Å². The van der Waals surface area contributed by atoms with E-state index in [-0.39, 0.29) is 5.69 Å². The van der Waals surface area contributed by atoms with Crippen LogP contribution in [0.1, 0.15) is 33.5 Å². The number of aromatic amines is 2. The molecule has 0 unspecified atom stereocenters. The Balaban J connectivity index is 1.85. The van der Waals surface area contributed by atoms with Gasteiger partial charge in [0.05, 0.1) is 11.4 Å². The smallest absolute Gasteiger partial charge is 0.331 e. The first kappa shape index (κ1) is 16.5. The van der Waals surface area contributed by atoms with E-state index in [1.165, 1.54) is 0 Å². The molecule has 0 aromatic carbocycles. The van der Waals surface area contributed by atoms with Crippen LogP contribution in [0.15, 0.2) is 24.4 Å². The molecular weight excluding hydrogens is 324 g/mol. The maximum Gasteiger partial charge on any atom is 0.331 e. The zero-order chi connectivity index (χ0) is 18.1. The van der Waals surface area contributed by atoms with E-state index in [1.807, 2.05) is 29.9 Å². The molecule has 0 saturated heterocycles. The number of amides is 1. The minimum atomic E-state index is -1.20. The highest BCUT2D eigenvalue weighted by Gasteiger charge is 2.28. The van der Waals surface area contributed by atoms with Gasteiger partial charge in [-0.15, -0.1) is 0 Å². The summed E-state index contributed by atoms with van der Waals surface area (Å²) in [5.74, 6) is -1.72. The summed E-state index contributed by atoms with van der Waals surface area (Å²) in [6, 6.07) is 4.12. The molecule has 4 N–H and O–H groups in total. The average Bonchev–Trinajstić information content (AvgIpc) is 3.26. The highest BCUT2D eigenvalue weighted by Crippen LogP contribution is 2.21. The van der Waals surface area contributed by atoms with Gasteiger partial charge in [-0.05, 0) is 32.0 Å². The topological polar surface area (TPSA) is 129 Å². The molecular formula is C16H18N6O3. The molecule has 0 radical (unpaired) electrons. The Labute approximate surface area is 143 Å². The molecule has 0 spiro atoms. The SMILES string of the molecule is Cc1n[nH]c(C)c1[C@@H](NC(=O)c1cc(-c2cccn2C)n[nH]1)C(=O)O. The second-order valence-electron chi connectivity index (χ2n) is 5.76. The molecule has 9 nitrogen and oxygen atoms in total. The number of hydrogen-bond acceptors (Lipinski definition) is 4. The molecule has 0 aliphatic rings. The molecule has 0 aliphatic heterocycles. The number of nitrogens with zero attached hydrogens (tertiary/aromatic N) is 3. The zero-order valence-corrected chi connectivity index (χ0v) is 14.0. The van der Waals surface area contributed by atoms with Crippen LogP contribution in [0, 0.1) is 13.8 Å². The van der Waals surface area contributed by atoms with E-state index >= 15 is 0 Å². The van der Waals surface area contributed by atoms with Crippen molar-refractivity contribution in [3.63, 3.8) is 0 Å². The van der Waals surface area contributed by atoms with Gasteiger partial charge in [-0.1, -0.05) is 0 Å². The summed E-state index contributed by atoms with van der Waals surface area (Å²) < 4.78 is 1.87. The molecule has 0 bridgehead atoms. The molecule has 3 aromatic rings. The highest BCUT2D eigenvalue weighted by molar-refractivity contribution is 5.96. The Morgan fingerprint density at radius 3 is 2.60 bits per heavy atom. The van der Waals surface area contributed by atoms with E-state index in [0.717, 1.165) is 5.69 Å². The number of rotatable bonds is 5. The van der Waals surface area contributed by atoms with Crippen LogP contribution >= 0.6 is 0 Å². The number of carboxylic acid groups (broad SMARTS) is 1. The first-order chi connectivity index (χ1) is 11.9. The maximum atomic E-state index is 12.5. The lowest BCUT2D eigenvalue weighted by atomic mass is 10.0. The van der Waals surface area contributed by atoms with Gasteiger partial charge in [0.1, 0.15) is 11.4 Å². The second kappa shape index (κ2) is 6.27. The van der Waals surface area contributed by atoms with E-state index < -0.39 is 17.9 Å². The molecule has 1 amide bonds. The third-order valence-corrected chi connectivity index (χ3v) is 4.02. The van der Waals surface area contributed by atoms with Gasteiger partial charge < -0.3 is 15.0 Å². The zero-order valence-electron chi connectivity index (χ0n) is 14.0. The number of carbonyl (C=O) groups is 2. The molecule has 3 rings (SSSR count). The van der Waals surface area contributed by atoms with E-state index in [2.05, 4.69) is 25.7 Å². The average molecular weight is 342 g/mol. The minimum absolute atomic E-state index is 0.182. The molecule has 9 heteroatoms. The van der Waals surface area contributed by atoms with Gasteiger partial charge in [0, 0.05) is 24.5 Å². The number of hydrogen-bond donors (Lipinski definition) is 4. The van der Waals surface area contributed by atoms with Crippen LogP contribution in [0.25, 0.3) is 11.4 Å². The lowest BCUT2D eigenvalue weighted by Crippen LogP contribution is -2.34. The first-order valence-electron chi connectivity index (χ1n) is 7.60. The molecule has 0 aliphatic carbocycles. The van der Waals surface area contributed by atoms with Gasteiger partial charge in [-0.2, -0.15) is 10.2 Å². The summed E-state index contributed by atoms with van der Waals surface area (Å²) in [6.45, 7) is 3.39. The summed E-state index contributed by atoms with van der Waals surface area (Å²) in [7, 11) is 1.87. The number of aryl methyl sites for hydroxylation is 3. The van der Waals surface area contributed by atoms with E-state index in [1.54, 1.807) is 19.9 Å². The number of aliphatic carboxylic acids is 1. The lowest BCUT2D eigenvalue weighted by molar-refractivity contribution is -0.139. The van der Waals surface area contributed by atoms with Crippen LogP contribution in [0.5, 0.6) is 0 Å². The fourth-order valence-corrected chi connectivity index (χ4v) is 2.75. The first-order valence-corrected chi connectivity index (χ1v) is 7.60. The third-order valence-electron chi connectivity index (χ3n) is 4.02. The maximum absolute atomic E-state index is 12.5. The van der Waals surface area contributed by atoms with Gasteiger partial charge in [-0.25, -0.2) is 4.79 Å². The van der Waals surface area contributed by atoms with Crippen molar-refractivity contribution < 1.29 is 14.7 Å². The number of aromatic nitrogens is 5. The van der Waals surface area contributed by atoms with Crippen molar-refractivity contribution in [3.8, 4) is 11.4 Å². The van der Waals surface area contributed by atoms with Crippen LogP contribution in [-0.2, 0) is 11.8 Å². The van der Waals surface area contributed by atoms with Gasteiger partial charge in [0.15, 0.2) is 6.04 Å². The van der Waals surface area contributed by atoms with Crippen LogP contribution in [0.4, 0.5) is 0 Å². The largest absolute Gasteiger partial charge is 0.479 e. The summed E-state index contributed by atoms with van der Waals surface area (Å²) in [5.41, 5.74) is 3.19. The Morgan fingerprint density at radius 1 is 1.28 bits per heavy atom.